The van der Waals surface area contributed by atoms with Crippen LogP contribution >= 0.6 is 11.8 Å². The summed E-state index contributed by atoms with van der Waals surface area (Å²) in [5.41, 5.74) is 4.19. The van der Waals surface area contributed by atoms with Gasteiger partial charge in [-0.2, -0.15) is 11.8 Å². The Bertz CT molecular complexity index is 427. The fraction of sp³-hybridized carbons (Fsp3) is 0.667. The molecule has 0 aliphatic carbocycles. The van der Waals surface area contributed by atoms with E-state index >= 15 is 0 Å². The van der Waals surface area contributed by atoms with Crippen molar-refractivity contribution in [3.8, 4) is 0 Å². The van der Waals surface area contributed by atoms with E-state index in [9.17, 15) is 0 Å². The van der Waals surface area contributed by atoms with Crippen molar-refractivity contribution in [2.45, 2.75) is 45.4 Å². The molecule has 3 heteroatoms. The molecule has 0 radical (unpaired) electrons. The van der Waals surface area contributed by atoms with E-state index in [-0.39, 0.29) is 0 Å². The Morgan fingerprint density at radius 1 is 1.29 bits per heavy atom. The molecule has 1 N–H and O–H groups in total. The van der Waals surface area contributed by atoms with Crippen LogP contribution in [0.25, 0.3) is 0 Å². The van der Waals surface area contributed by atoms with E-state index < -0.39 is 0 Å². The van der Waals surface area contributed by atoms with Gasteiger partial charge < -0.3 is 10.2 Å². The van der Waals surface area contributed by atoms with Crippen molar-refractivity contribution in [1.29, 1.82) is 0 Å². The van der Waals surface area contributed by atoms with Crippen molar-refractivity contribution in [3.63, 3.8) is 0 Å². The molecular formula is C18H30N2S. The second-order valence-electron chi connectivity index (χ2n) is 6.30. The molecule has 0 amide bonds. The van der Waals surface area contributed by atoms with Gasteiger partial charge in [-0.3, -0.25) is 0 Å². The van der Waals surface area contributed by atoms with Crippen LogP contribution < -0.4 is 5.32 Å². The Kier molecular flexibility index (Phi) is 6.59. The number of benzene rings is 1. The summed E-state index contributed by atoms with van der Waals surface area (Å²) >= 11 is 2.11. The first-order chi connectivity index (χ1) is 10.1. The minimum Gasteiger partial charge on any atom is -0.310 e. The zero-order chi connectivity index (χ0) is 15.2. The molecule has 2 unspecified atom stereocenters. The van der Waals surface area contributed by atoms with Crippen molar-refractivity contribution in [2.75, 3.05) is 31.9 Å². The van der Waals surface area contributed by atoms with Gasteiger partial charge in [0.2, 0.25) is 0 Å². The Hall–Kier alpha value is -0.510. The summed E-state index contributed by atoms with van der Waals surface area (Å²) in [6.07, 6.45) is 1.20. The average molecular weight is 307 g/mol. The molecule has 1 heterocycles. The largest absolute Gasteiger partial charge is 0.310 e. The number of nitrogens with zero attached hydrogens (tertiary/aromatic N) is 1. The van der Waals surface area contributed by atoms with Crippen LogP contribution in [0, 0.1) is 13.8 Å². The van der Waals surface area contributed by atoms with Crippen LogP contribution in [-0.2, 0) is 0 Å². The molecule has 0 spiro atoms. The van der Waals surface area contributed by atoms with Crippen LogP contribution in [0.15, 0.2) is 18.2 Å². The summed E-state index contributed by atoms with van der Waals surface area (Å²) in [5.74, 6) is 1.29. The average Bonchev–Trinajstić information content (AvgIpc) is 2.42. The molecular weight excluding hydrogens is 276 g/mol. The summed E-state index contributed by atoms with van der Waals surface area (Å²) < 4.78 is 0. The first-order valence-electron chi connectivity index (χ1n) is 8.24. The predicted octanol–water partition coefficient (Wildman–Crippen LogP) is 3.78. The zero-order valence-corrected chi connectivity index (χ0v) is 14.8. The van der Waals surface area contributed by atoms with Crippen LogP contribution in [0.2, 0.25) is 0 Å². The fourth-order valence-electron chi connectivity index (χ4n) is 3.25. The van der Waals surface area contributed by atoms with Crippen molar-refractivity contribution in [3.05, 3.63) is 34.9 Å². The lowest BCUT2D eigenvalue weighted by molar-refractivity contribution is 0.268. The van der Waals surface area contributed by atoms with Crippen molar-refractivity contribution in [2.24, 2.45) is 0 Å². The Morgan fingerprint density at radius 3 is 2.62 bits per heavy atom. The number of hydrogen-bond acceptors (Lipinski definition) is 3. The predicted molar refractivity (Wildman–Crippen MR) is 95.3 cm³/mol. The Balaban J connectivity index is 1.98. The van der Waals surface area contributed by atoms with Crippen LogP contribution in [0.3, 0.4) is 0 Å². The quantitative estimate of drug-likeness (QED) is 0.861. The molecule has 1 saturated heterocycles. The second kappa shape index (κ2) is 8.21. The van der Waals surface area contributed by atoms with E-state index in [0.717, 1.165) is 11.8 Å². The molecule has 1 aliphatic rings. The molecule has 1 aliphatic heterocycles. The van der Waals surface area contributed by atoms with Crippen LogP contribution in [-0.4, -0.2) is 42.1 Å². The molecule has 2 rings (SSSR count). The van der Waals surface area contributed by atoms with Crippen molar-refractivity contribution >= 4 is 11.8 Å². The van der Waals surface area contributed by atoms with E-state index in [1.807, 2.05) is 0 Å². The third-order valence-corrected chi connectivity index (χ3v) is 5.29. The monoisotopic (exact) mass is 306 g/mol. The highest BCUT2D eigenvalue weighted by molar-refractivity contribution is 7.99. The second-order valence-corrected chi connectivity index (χ2v) is 7.85. The molecule has 1 aromatic carbocycles. The Labute approximate surface area is 134 Å². The molecule has 118 valence electrons. The van der Waals surface area contributed by atoms with Gasteiger partial charge in [0, 0.05) is 36.7 Å². The van der Waals surface area contributed by atoms with Crippen LogP contribution in [0.4, 0.5) is 0 Å². The first-order valence-corrected chi connectivity index (χ1v) is 9.29. The van der Waals surface area contributed by atoms with Crippen molar-refractivity contribution in [1.82, 2.24) is 10.2 Å². The maximum atomic E-state index is 3.67. The van der Waals surface area contributed by atoms with Crippen LogP contribution in [0.5, 0.6) is 0 Å². The van der Waals surface area contributed by atoms with E-state index in [0.29, 0.717) is 6.04 Å². The number of rotatable bonds is 6. The van der Waals surface area contributed by atoms with Gasteiger partial charge in [-0.05, 0) is 32.4 Å². The summed E-state index contributed by atoms with van der Waals surface area (Å²) in [4.78, 5) is 2.63. The van der Waals surface area contributed by atoms with E-state index in [1.54, 1.807) is 0 Å². The molecule has 0 aromatic heterocycles. The minimum atomic E-state index is 0.485. The Morgan fingerprint density at radius 2 is 2.00 bits per heavy atom. The van der Waals surface area contributed by atoms with Gasteiger partial charge in [0.1, 0.15) is 0 Å². The third kappa shape index (κ3) is 5.32. The number of aryl methyl sites for hydroxylation is 2. The molecule has 1 fully saturated rings. The van der Waals surface area contributed by atoms with Gasteiger partial charge in [-0.1, -0.05) is 43.2 Å². The van der Waals surface area contributed by atoms with Gasteiger partial charge in [0.15, 0.2) is 0 Å². The normalized spacial score (nSPS) is 21.4. The summed E-state index contributed by atoms with van der Waals surface area (Å²) in [7, 11) is 0. The topological polar surface area (TPSA) is 15.3 Å². The number of nitrogens with one attached hydrogen (secondary N) is 1. The lowest BCUT2D eigenvalue weighted by Gasteiger charge is -2.32. The zero-order valence-electron chi connectivity index (χ0n) is 14.0. The van der Waals surface area contributed by atoms with E-state index in [4.69, 9.17) is 0 Å². The first kappa shape index (κ1) is 16.9. The lowest BCUT2D eigenvalue weighted by atomic mass is 9.99. The lowest BCUT2D eigenvalue weighted by Crippen LogP contribution is -2.38. The standard InChI is InChI=1S/C18H30N2S/c1-5-19-18(17-11-14(2)10-15(3)12-17)6-7-20-8-9-21-16(4)13-20/h10-12,16,18-19H,5-9,13H2,1-4H3. The molecule has 1 aromatic rings. The number of hydrogen-bond donors (Lipinski definition) is 1. The molecule has 21 heavy (non-hydrogen) atoms. The number of thioether (sulfide) groups is 1. The summed E-state index contributed by atoms with van der Waals surface area (Å²) in [6, 6.07) is 7.43. The highest BCUT2D eigenvalue weighted by Gasteiger charge is 2.18. The molecule has 2 nitrogen and oxygen atoms in total. The highest BCUT2D eigenvalue weighted by atomic mass is 32.2. The van der Waals surface area contributed by atoms with Crippen molar-refractivity contribution < 1.29 is 0 Å². The maximum absolute atomic E-state index is 3.67. The van der Waals surface area contributed by atoms with Gasteiger partial charge in [-0.15, -0.1) is 0 Å². The SMILES string of the molecule is CCNC(CCN1CCSC(C)C1)c1cc(C)cc(C)c1. The summed E-state index contributed by atoms with van der Waals surface area (Å²) in [6.45, 7) is 13.7. The van der Waals surface area contributed by atoms with E-state index in [1.165, 1.54) is 48.5 Å². The van der Waals surface area contributed by atoms with Gasteiger partial charge in [-0.25, -0.2) is 0 Å². The fourth-order valence-corrected chi connectivity index (χ4v) is 4.33. The molecule has 0 saturated carbocycles. The third-order valence-electron chi connectivity index (χ3n) is 4.16. The highest BCUT2D eigenvalue weighted by Crippen LogP contribution is 2.22. The minimum absolute atomic E-state index is 0.485. The smallest absolute Gasteiger partial charge is 0.0332 e. The molecule has 2 atom stereocenters. The van der Waals surface area contributed by atoms with Gasteiger partial charge >= 0.3 is 0 Å². The van der Waals surface area contributed by atoms with E-state index in [2.05, 4.69) is 67.9 Å². The molecule has 0 bridgehead atoms. The van der Waals surface area contributed by atoms with Gasteiger partial charge in [0.05, 0.1) is 0 Å². The maximum Gasteiger partial charge on any atom is 0.0332 e. The summed E-state index contributed by atoms with van der Waals surface area (Å²) in [5, 5.41) is 4.46. The van der Waals surface area contributed by atoms with Crippen LogP contribution in [0.1, 0.15) is 43.0 Å². The van der Waals surface area contributed by atoms with Gasteiger partial charge in [0.25, 0.3) is 0 Å².